The first kappa shape index (κ1) is 12.2. The second-order valence-corrected chi connectivity index (χ2v) is 5.82. The van der Waals surface area contributed by atoms with Crippen molar-refractivity contribution in [3.8, 4) is 0 Å². The van der Waals surface area contributed by atoms with Crippen molar-refractivity contribution in [1.82, 2.24) is 4.57 Å². The van der Waals surface area contributed by atoms with E-state index in [2.05, 4.69) is 0 Å². The van der Waals surface area contributed by atoms with Crippen LogP contribution in [0.25, 0.3) is 0 Å². The Labute approximate surface area is 100 Å². The zero-order valence-electron chi connectivity index (χ0n) is 9.34. The van der Waals surface area contributed by atoms with Crippen LogP contribution in [0.1, 0.15) is 30.7 Å². The van der Waals surface area contributed by atoms with Crippen molar-refractivity contribution in [2.45, 2.75) is 27.7 Å². The van der Waals surface area contributed by atoms with Crippen molar-refractivity contribution < 1.29 is 19.4 Å². The predicted molar refractivity (Wildman–Crippen MR) is 58.8 cm³/mol. The van der Waals surface area contributed by atoms with E-state index in [1.165, 1.54) is 23.9 Å². The molecule has 1 heterocycles. The normalized spacial score (nSPS) is 10.1. The third kappa shape index (κ3) is 2.23. The van der Waals surface area contributed by atoms with Crippen LogP contribution in [0, 0.1) is 19.3 Å². The van der Waals surface area contributed by atoms with Gasteiger partial charge in [-0.1, -0.05) is 0 Å². The van der Waals surface area contributed by atoms with Crippen molar-refractivity contribution in [3.63, 3.8) is 0 Å². The number of aromatic nitrogens is 1. The van der Waals surface area contributed by atoms with E-state index in [1.54, 1.807) is 13.0 Å². The number of nitrogens with one attached hydrogen (secondary N) is 1. The summed E-state index contributed by atoms with van der Waals surface area (Å²) >= 11 is 1.33. The predicted octanol–water partition coefficient (Wildman–Crippen LogP) is 1.40. The van der Waals surface area contributed by atoms with Gasteiger partial charge in [0.15, 0.2) is 0 Å². The molecule has 15 heavy (non-hydrogen) atoms. The summed E-state index contributed by atoms with van der Waals surface area (Å²) in [6.07, 6.45) is 0. The van der Waals surface area contributed by atoms with Gasteiger partial charge >= 0.3 is 100.0 Å². The van der Waals surface area contributed by atoms with Gasteiger partial charge in [0.1, 0.15) is 0 Å². The Hall–Kier alpha value is -0.822. The van der Waals surface area contributed by atoms with Crippen LogP contribution in [0.4, 0.5) is 0 Å². The Kier molecular flexibility index (Phi) is 3.56. The fourth-order valence-electron chi connectivity index (χ4n) is 1.58. The summed E-state index contributed by atoms with van der Waals surface area (Å²) in [6, 6.07) is 1.59. The molecule has 0 unspecified atom stereocenters. The van der Waals surface area contributed by atoms with Crippen LogP contribution in [-0.4, -0.2) is 14.3 Å². The molecule has 1 aromatic heterocycles. The fraction of sp³-hybridized carbons (Fsp3) is 0.364. The van der Waals surface area contributed by atoms with Crippen LogP contribution in [0.15, 0.2) is 10.9 Å². The molecule has 0 amide bonds. The Morgan fingerprint density at radius 2 is 1.93 bits per heavy atom. The second kappa shape index (κ2) is 4.36. The number of hydrogen-bond acceptors (Lipinski definition) is 2. The molecule has 3 nitrogen and oxygen atoms in total. The van der Waals surface area contributed by atoms with Crippen LogP contribution in [0.2, 0.25) is 0 Å². The Morgan fingerprint density at radius 3 is 2.33 bits per heavy atom. The molecule has 4 heteroatoms. The molecule has 0 atom stereocenters. The fourth-order valence-corrected chi connectivity index (χ4v) is 2.46. The first-order chi connectivity index (χ1) is 6.86. The molecule has 0 aliphatic carbocycles. The average molecular weight is 374 g/mol. The van der Waals surface area contributed by atoms with Gasteiger partial charge < -0.3 is 0 Å². The summed E-state index contributed by atoms with van der Waals surface area (Å²) in [5, 5.41) is 7.64. The molecule has 0 saturated carbocycles. The first-order valence-corrected chi connectivity index (χ1v) is 6.12. The Bertz CT molecular complexity index is 500. The van der Waals surface area contributed by atoms with Crippen molar-refractivity contribution in [2.24, 2.45) is 0 Å². The van der Waals surface area contributed by atoms with Gasteiger partial charge in [0.2, 0.25) is 0 Å². The molecule has 0 aromatic carbocycles. The van der Waals surface area contributed by atoms with Crippen molar-refractivity contribution in [2.75, 3.05) is 0 Å². The van der Waals surface area contributed by atoms with Crippen LogP contribution < -0.4 is 5.56 Å². The SMILES string of the molecule is CC(=N)n1c([C](C)=[W])c(C)c(C)cc1=O. The maximum atomic E-state index is 11.8. The Morgan fingerprint density at radius 1 is 1.40 bits per heavy atom. The molecule has 0 aliphatic rings. The summed E-state index contributed by atoms with van der Waals surface area (Å²) in [7, 11) is 0. The molecule has 0 saturated heterocycles. The van der Waals surface area contributed by atoms with E-state index >= 15 is 0 Å². The van der Waals surface area contributed by atoms with E-state index in [4.69, 9.17) is 5.41 Å². The zero-order valence-corrected chi connectivity index (χ0v) is 12.3. The van der Waals surface area contributed by atoms with Gasteiger partial charge in [-0.3, -0.25) is 0 Å². The number of aryl methyl sites for hydroxylation is 1. The standard InChI is InChI=1S/C11H14N2O.W/c1-5-10-8(3)7(2)6-11(14)13(10)9(4)12;/h6,12H,1-4H3;. The molecule has 0 radical (unpaired) electrons. The van der Waals surface area contributed by atoms with Crippen LogP contribution in [-0.2, 0) is 19.4 Å². The molecule has 0 aliphatic heterocycles. The molecule has 0 bridgehead atoms. The third-order valence-electron chi connectivity index (χ3n) is 2.40. The number of rotatable bonds is 1. The average Bonchev–Trinajstić information content (AvgIpc) is 2.09. The topological polar surface area (TPSA) is 45.9 Å². The van der Waals surface area contributed by atoms with Crippen molar-refractivity contribution >= 4 is 9.73 Å². The van der Waals surface area contributed by atoms with Crippen molar-refractivity contribution in [3.05, 3.63) is 33.2 Å². The van der Waals surface area contributed by atoms with Gasteiger partial charge in [-0.2, -0.15) is 0 Å². The summed E-state index contributed by atoms with van der Waals surface area (Å²) in [6.45, 7) is 7.56. The molecular weight excluding hydrogens is 360 g/mol. The molecular formula is C11H14N2OW. The van der Waals surface area contributed by atoms with E-state index in [9.17, 15) is 4.79 Å². The third-order valence-corrected chi connectivity index (χ3v) is 3.09. The van der Waals surface area contributed by atoms with E-state index in [0.29, 0.717) is 0 Å². The minimum atomic E-state index is -0.110. The molecule has 80 valence electrons. The molecule has 0 spiro atoms. The molecule has 1 rings (SSSR count). The number of nitrogens with zero attached hydrogens (tertiary/aromatic N) is 1. The van der Waals surface area contributed by atoms with Gasteiger partial charge in [-0.15, -0.1) is 0 Å². The Balaban J connectivity index is 3.78. The maximum absolute atomic E-state index is 11.8. The summed E-state index contributed by atoms with van der Waals surface area (Å²) in [5.41, 5.74) is 2.88. The van der Waals surface area contributed by atoms with E-state index < -0.39 is 0 Å². The summed E-state index contributed by atoms with van der Waals surface area (Å²) < 4.78 is 2.62. The van der Waals surface area contributed by atoms with Crippen LogP contribution >= 0.6 is 0 Å². The van der Waals surface area contributed by atoms with Gasteiger partial charge in [0, 0.05) is 0 Å². The van der Waals surface area contributed by atoms with Crippen molar-refractivity contribution in [1.29, 1.82) is 5.41 Å². The van der Waals surface area contributed by atoms with E-state index in [0.717, 1.165) is 20.7 Å². The zero-order chi connectivity index (χ0) is 11.7. The quantitative estimate of drug-likeness (QED) is 0.587. The van der Waals surface area contributed by atoms with Gasteiger partial charge in [-0.05, 0) is 0 Å². The number of hydrogen-bond donors (Lipinski definition) is 1. The van der Waals surface area contributed by atoms with Gasteiger partial charge in [0.05, 0.1) is 0 Å². The molecule has 1 N–H and O–H groups in total. The van der Waals surface area contributed by atoms with Crippen LogP contribution in [0.3, 0.4) is 0 Å². The van der Waals surface area contributed by atoms with E-state index in [1.807, 2.05) is 20.8 Å². The van der Waals surface area contributed by atoms with Crippen LogP contribution in [0.5, 0.6) is 0 Å². The number of pyridine rings is 1. The minimum absolute atomic E-state index is 0.110. The summed E-state index contributed by atoms with van der Waals surface area (Å²) in [4.78, 5) is 11.8. The molecule has 1 aromatic rings. The molecule has 0 fully saturated rings. The van der Waals surface area contributed by atoms with Gasteiger partial charge in [0.25, 0.3) is 0 Å². The first-order valence-electron chi connectivity index (χ1n) is 4.66. The second-order valence-electron chi connectivity index (χ2n) is 3.62. The monoisotopic (exact) mass is 374 g/mol. The summed E-state index contributed by atoms with van der Waals surface area (Å²) in [5.74, 6) is 0.277. The van der Waals surface area contributed by atoms with Gasteiger partial charge in [-0.25, -0.2) is 0 Å². The van der Waals surface area contributed by atoms with E-state index in [-0.39, 0.29) is 11.4 Å².